The monoisotopic (exact) mass is 1330 g/mol. The van der Waals surface area contributed by atoms with Crippen molar-refractivity contribution in [3.8, 4) is 23.4 Å². The number of carbonyl (C=O) groups is 2. The molecule has 3 N–H and O–H groups in total. The van der Waals surface area contributed by atoms with Crippen LogP contribution in [0.25, 0.3) is 11.6 Å². The average molecular weight is 1330 g/mol. The summed E-state index contributed by atoms with van der Waals surface area (Å²) in [5, 5.41) is 11.1. The maximum Gasteiger partial charge on any atom is 0.394 e. The lowest BCUT2D eigenvalue weighted by Gasteiger charge is -2.34. The highest BCUT2D eigenvalue weighted by molar-refractivity contribution is 7.90. The molecule has 6 aromatic rings. The number of rotatable bonds is 18. The lowest BCUT2D eigenvalue weighted by Crippen LogP contribution is -2.41. The van der Waals surface area contributed by atoms with Crippen molar-refractivity contribution in [1.82, 2.24) is 54.3 Å². The topological polar surface area (TPSA) is 254 Å². The summed E-state index contributed by atoms with van der Waals surface area (Å²) in [5.41, 5.74) is -3.70. The fourth-order valence-electron chi connectivity index (χ4n) is 11.9. The number of nitrogens with one attached hydrogen (secondary N) is 3. The normalized spacial score (nSPS) is 20.4. The van der Waals surface area contributed by atoms with Gasteiger partial charge in [0.2, 0.25) is 11.8 Å². The van der Waals surface area contributed by atoms with E-state index in [0.29, 0.717) is 54.7 Å². The third kappa shape index (κ3) is 15.4. The third-order valence-electron chi connectivity index (χ3n) is 17.7. The molecule has 4 fully saturated rings. The van der Waals surface area contributed by atoms with Crippen molar-refractivity contribution in [2.75, 3.05) is 68.2 Å². The summed E-state index contributed by atoms with van der Waals surface area (Å²) in [7, 11) is -4.95. The van der Waals surface area contributed by atoms with E-state index in [4.69, 9.17) is 26.1 Å². The maximum absolute atomic E-state index is 13.6. The number of amides is 2. The number of fused-ring (bicyclic) bond motifs is 6. The smallest absolute Gasteiger partial charge is 0.394 e. The van der Waals surface area contributed by atoms with Crippen LogP contribution in [0.5, 0.6) is 11.8 Å². The summed E-state index contributed by atoms with van der Waals surface area (Å²) >= 11 is 6.25. The largest absolute Gasteiger partial charge is 0.477 e. The number of pyridine rings is 4. The molecule has 2 aliphatic carbocycles. The van der Waals surface area contributed by atoms with Crippen LogP contribution in [0.3, 0.4) is 0 Å². The minimum absolute atomic E-state index is 0.0738. The van der Waals surface area contributed by atoms with Crippen LogP contribution < -0.4 is 38.9 Å². The predicted molar refractivity (Wildman–Crippen MR) is 326 cm³/mol. The molecule has 3 aliphatic heterocycles. The molecule has 2 atom stereocenters. The number of ether oxygens (including phenoxy) is 2. The van der Waals surface area contributed by atoms with E-state index < -0.39 is 60.6 Å². The summed E-state index contributed by atoms with van der Waals surface area (Å²) in [6.07, 6.45) is 0.336. The van der Waals surface area contributed by atoms with E-state index in [0.717, 1.165) is 45.1 Å². The Bertz CT molecular complexity index is 3880. The molecule has 22 nitrogen and oxygen atoms in total. The van der Waals surface area contributed by atoms with Crippen LogP contribution in [0.1, 0.15) is 125 Å². The Hall–Kier alpha value is -7.31. The van der Waals surface area contributed by atoms with Gasteiger partial charge in [0.1, 0.15) is 22.6 Å². The van der Waals surface area contributed by atoms with Crippen LogP contribution in [-0.2, 0) is 20.0 Å². The Morgan fingerprint density at radius 3 is 2.01 bits per heavy atom. The van der Waals surface area contributed by atoms with Crippen molar-refractivity contribution < 1.29 is 62.2 Å². The highest BCUT2D eigenvalue weighted by Gasteiger charge is 2.63. The summed E-state index contributed by atoms with van der Waals surface area (Å²) in [6.45, 7) is 11.2. The van der Waals surface area contributed by atoms with Crippen LogP contribution in [0.2, 0.25) is 5.15 Å². The van der Waals surface area contributed by atoms with E-state index in [1.165, 1.54) is 64.1 Å². The Morgan fingerprint density at radius 2 is 1.42 bits per heavy atom. The first-order chi connectivity index (χ1) is 42.7. The standard InChI is InChI=1S/C30H37ClF3N7O4S.C30H36F3N7O4S/c1-28(2)18-20(19-35-28)6-5-15-40(3)22-7-4-8-25(36-22)46(43,44)39-27(42)21-9-10-23(37-26(21)31)41-16-11-24(38-41)45-17-14-29(12-13-29)30(32,33)34;1-28(2)18-20-6-5-15-38(3)22-7-4-8-25(34-22)45(42,43)37-27(41)21-9-10-23(35-26(21)39(28)19-20)40-16-11-24(36-40)44-17-14-29(12-13-29)30(31,32)33/h4,7-11,16,20,35H,5-6,12-15,17-19H2,1-3H3,(H,39,42);4,7-11,16,20H,5-6,12-15,17-19H2,1-3H3,(H,37,41). The number of hydrogen-bond donors (Lipinski definition) is 3. The van der Waals surface area contributed by atoms with Gasteiger partial charge in [-0.15, -0.1) is 10.2 Å². The molecule has 11 rings (SSSR count). The molecular formula is C60H73ClF6N14O8S2. The molecule has 2 saturated carbocycles. The second-order valence-corrected chi connectivity index (χ2v) is 29.1. The zero-order valence-electron chi connectivity index (χ0n) is 51.1. The summed E-state index contributed by atoms with van der Waals surface area (Å²) in [6, 6.07) is 18.0. The highest BCUT2D eigenvalue weighted by Crippen LogP contribution is 2.61. The van der Waals surface area contributed by atoms with E-state index in [2.05, 4.69) is 62.9 Å². The van der Waals surface area contributed by atoms with Crippen molar-refractivity contribution in [3.05, 3.63) is 101 Å². The van der Waals surface area contributed by atoms with Crippen LogP contribution in [0.4, 0.5) is 43.8 Å². The fourth-order valence-corrected chi connectivity index (χ4v) is 14.0. The maximum atomic E-state index is 13.6. The van der Waals surface area contributed by atoms with Crippen LogP contribution in [0, 0.1) is 22.7 Å². The van der Waals surface area contributed by atoms with Gasteiger partial charge in [-0.1, -0.05) is 23.7 Å². The number of anilines is 3. The van der Waals surface area contributed by atoms with Gasteiger partial charge in [-0.2, -0.15) is 43.2 Å². The number of nitrogens with zero attached hydrogens (tertiary/aromatic N) is 11. The van der Waals surface area contributed by atoms with E-state index >= 15 is 0 Å². The molecule has 31 heteroatoms. The zero-order valence-corrected chi connectivity index (χ0v) is 53.5. The van der Waals surface area contributed by atoms with E-state index in [1.807, 2.05) is 33.5 Å². The minimum Gasteiger partial charge on any atom is -0.477 e. The molecule has 0 spiro atoms. The molecule has 5 aliphatic rings. The molecule has 4 bridgehead atoms. The lowest BCUT2D eigenvalue weighted by molar-refractivity contribution is -0.190. The van der Waals surface area contributed by atoms with Gasteiger partial charge in [-0.3, -0.25) is 9.59 Å². The Labute approximate surface area is 528 Å². The van der Waals surface area contributed by atoms with Gasteiger partial charge in [0.25, 0.3) is 31.9 Å². The molecule has 2 saturated heterocycles. The van der Waals surface area contributed by atoms with Gasteiger partial charge < -0.3 is 29.5 Å². The molecule has 2 unspecified atom stereocenters. The number of halogens is 7. The second kappa shape index (κ2) is 25.6. The first kappa shape index (κ1) is 66.6. The Balaban J connectivity index is 0.000000200. The first-order valence-corrected chi connectivity index (χ1v) is 33.3. The Kier molecular flexibility index (Phi) is 18.8. The number of hydrogen-bond acceptors (Lipinski definition) is 18. The molecule has 9 heterocycles. The van der Waals surface area contributed by atoms with Gasteiger partial charge in [-0.25, -0.2) is 38.7 Å². The quantitative estimate of drug-likeness (QED) is 0.0534. The predicted octanol–water partition coefficient (Wildman–Crippen LogP) is 9.88. The number of alkyl halides is 6. The van der Waals surface area contributed by atoms with Crippen molar-refractivity contribution in [3.63, 3.8) is 0 Å². The minimum atomic E-state index is -4.35. The first-order valence-electron chi connectivity index (χ1n) is 30.0. The lowest BCUT2D eigenvalue weighted by atomic mass is 9.93. The molecule has 6 aromatic heterocycles. The molecule has 0 aromatic carbocycles. The van der Waals surface area contributed by atoms with Crippen molar-refractivity contribution in [1.29, 1.82) is 0 Å². The molecule has 2 amide bonds. The van der Waals surface area contributed by atoms with Crippen molar-refractivity contribution >= 4 is 60.9 Å². The SMILES string of the molecule is CN(CCCC1CNC(C)(C)C1)c1cccc(S(=O)(=O)NC(=O)c2ccc(-n3ccc(OCCC4(C(F)(F)F)CC4)n3)nc2Cl)n1.CN1CCCC2CN(c3nc(-n4ccc(OCCC5(C(F)(F)F)CC5)n4)ccc3C(=O)NS(=O)(=O)c3cccc1n3)C(C)(C)C2. The summed E-state index contributed by atoms with van der Waals surface area (Å²) in [4.78, 5) is 49.9. The molecule has 0 radical (unpaired) electrons. The zero-order chi connectivity index (χ0) is 65.5. The number of carbonyl (C=O) groups excluding carboxylic acids is 2. The highest BCUT2D eigenvalue weighted by atomic mass is 35.5. The van der Waals surface area contributed by atoms with Crippen LogP contribution in [-0.4, -0.2) is 145 Å². The van der Waals surface area contributed by atoms with Crippen LogP contribution >= 0.6 is 11.6 Å². The number of aromatic nitrogens is 8. The summed E-state index contributed by atoms with van der Waals surface area (Å²) in [5.74, 6) is 1.07. The Morgan fingerprint density at radius 1 is 0.802 bits per heavy atom. The molecule has 91 heavy (non-hydrogen) atoms. The average Bonchev–Trinajstić information content (AvgIpc) is 1.68. The van der Waals surface area contributed by atoms with Crippen molar-refractivity contribution in [2.45, 2.75) is 138 Å². The van der Waals surface area contributed by atoms with E-state index in [-0.39, 0.29) is 101 Å². The van der Waals surface area contributed by atoms with Gasteiger partial charge in [-0.05, 0) is 172 Å². The number of sulfonamides is 2. The van der Waals surface area contributed by atoms with Gasteiger partial charge in [0.05, 0.1) is 35.2 Å². The van der Waals surface area contributed by atoms with Gasteiger partial charge in [0, 0.05) is 69.3 Å². The van der Waals surface area contributed by atoms with Crippen molar-refractivity contribution in [2.24, 2.45) is 22.7 Å². The van der Waals surface area contributed by atoms with E-state index in [9.17, 15) is 52.8 Å². The van der Waals surface area contributed by atoms with Gasteiger partial charge >= 0.3 is 12.4 Å². The van der Waals surface area contributed by atoms with E-state index in [1.54, 1.807) is 30.5 Å². The molecule has 492 valence electrons. The summed E-state index contributed by atoms with van der Waals surface area (Å²) < 4.78 is 150. The van der Waals surface area contributed by atoms with Gasteiger partial charge in [0.15, 0.2) is 21.7 Å². The second-order valence-electron chi connectivity index (χ2n) is 25.5. The molecular weight excluding hydrogens is 1260 g/mol. The van der Waals surface area contributed by atoms with Crippen LogP contribution in [0.15, 0.2) is 95.2 Å². The fraction of sp³-hybridized carbons (Fsp3) is 0.533. The third-order valence-corrected chi connectivity index (χ3v) is 20.4.